The van der Waals surface area contributed by atoms with Crippen LogP contribution in [0.2, 0.25) is 0 Å². The summed E-state index contributed by atoms with van der Waals surface area (Å²) in [6.07, 6.45) is 2.83. The minimum absolute atomic E-state index is 0.0225. The SMILES string of the molecule is Cc1ccc(C)c(S(=O)(=O)N(C(=O)c2cccnc2)c2cc3sc(=O)oc3c3ccccc23)c1. The van der Waals surface area contributed by atoms with E-state index in [4.69, 9.17) is 4.42 Å². The van der Waals surface area contributed by atoms with E-state index in [1.807, 2.05) is 6.07 Å². The van der Waals surface area contributed by atoms with Gasteiger partial charge in [0, 0.05) is 23.2 Å². The molecule has 0 radical (unpaired) electrons. The second-order valence-electron chi connectivity index (χ2n) is 7.81. The summed E-state index contributed by atoms with van der Waals surface area (Å²) in [6, 6.07) is 16.6. The summed E-state index contributed by atoms with van der Waals surface area (Å²) < 4.78 is 34.8. The van der Waals surface area contributed by atoms with E-state index in [0.29, 0.717) is 26.6 Å². The Morgan fingerprint density at radius 3 is 2.50 bits per heavy atom. The van der Waals surface area contributed by atoms with Crippen LogP contribution in [0.5, 0.6) is 0 Å². The van der Waals surface area contributed by atoms with E-state index in [1.54, 1.807) is 56.3 Å². The van der Waals surface area contributed by atoms with Gasteiger partial charge >= 0.3 is 4.94 Å². The average Bonchev–Trinajstić information content (AvgIpc) is 3.21. The van der Waals surface area contributed by atoms with Gasteiger partial charge in [-0.1, -0.05) is 47.7 Å². The van der Waals surface area contributed by atoms with Gasteiger partial charge in [0.25, 0.3) is 15.9 Å². The highest BCUT2D eigenvalue weighted by Crippen LogP contribution is 2.38. The molecule has 3 aromatic carbocycles. The molecule has 1 amide bonds. The summed E-state index contributed by atoms with van der Waals surface area (Å²) >= 11 is 0.851. The normalized spacial score (nSPS) is 11.7. The lowest BCUT2D eigenvalue weighted by atomic mass is 10.1. The monoisotopic (exact) mass is 490 g/mol. The first-order chi connectivity index (χ1) is 16.3. The molecule has 9 heteroatoms. The molecule has 0 aliphatic heterocycles. The number of aryl methyl sites for hydroxylation is 2. The first-order valence-corrected chi connectivity index (χ1v) is 12.6. The number of carbonyl (C=O) groups is 1. The fraction of sp³-hybridized carbons (Fsp3) is 0.0800. The molecule has 170 valence electrons. The third kappa shape index (κ3) is 3.59. The molecule has 0 aliphatic carbocycles. The Morgan fingerprint density at radius 1 is 1.00 bits per heavy atom. The quantitative estimate of drug-likeness (QED) is 0.349. The van der Waals surface area contributed by atoms with Gasteiger partial charge in [0.15, 0.2) is 5.58 Å². The van der Waals surface area contributed by atoms with E-state index >= 15 is 0 Å². The molecule has 0 saturated carbocycles. The van der Waals surface area contributed by atoms with E-state index in [0.717, 1.165) is 21.2 Å². The predicted molar refractivity (Wildman–Crippen MR) is 132 cm³/mol. The van der Waals surface area contributed by atoms with Crippen LogP contribution >= 0.6 is 11.3 Å². The fourth-order valence-electron chi connectivity index (χ4n) is 3.89. The standard InChI is InChI=1S/C25H18N2O5S2/c1-15-9-10-16(2)22(12-15)34(30,31)27(24(28)17-6-5-11-26-14-17)20-13-21-23(32-25(29)33-21)19-8-4-3-7-18(19)20/h3-14H,1-2H3. The van der Waals surface area contributed by atoms with Crippen LogP contribution in [0.3, 0.4) is 0 Å². The Hall–Kier alpha value is -3.82. The second kappa shape index (κ2) is 8.19. The van der Waals surface area contributed by atoms with Crippen molar-refractivity contribution in [3.8, 4) is 0 Å². The largest absolute Gasteiger partial charge is 0.413 e. The molecule has 0 saturated heterocycles. The zero-order valence-corrected chi connectivity index (χ0v) is 19.8. The minimum Gasteiger partial charge on any atom is -0.413 e. The number of carbonyl (C=O) groups excluding carboxylic acids is 1. The van der Waals surface area contributed by atoms with Gasteiger partial charge in [-0.25, -0.2) is 13.2 Å². The number of amides is 1. The topological polar surface area (TPSA) is 97.5 Å². The first-order valence-electron chi connectivity index (χ1n) is 10.3. The van der Waals surface area contributed by atoms with E-state index in [9.17, 15) is 18.0 Å². The molecular weight excluding hydrogens is 472 g/mol. The summed E-state index contributed by atoms with van der Waals surface area (Å²) in [7, 11) is -4.36. The van der Waals surface area contributed by atoms with Crippen molar-refractivity contribution in [2.75, 3.05) is 4.31 Å². The smallest absolute Gasteiger partial charge is 0.396 e. The highest BCUT2D eigenvalue weighted by molar-refractivity contribution is 7.93. The Balaban J connectivity index is 1.88. The van der Waals surface area contributed by atoms with Gasteiger partial charge in [-0.2, -0.15) is 4.31 Å². The third-order valence-corrected chi connectivity index (χ3v) is 8.10. The summed E-state index contributed by atoms with van der Waals surface area (Å²) in [5.74, 6) is -0.755. The Morgan fingerprint density at radius 2 is 1.76 bits per heavy atom. The van der Waals surface area contributed by atoms with Crippen molar-refractivity contribution >= 4 is 54.0 Å². The number of fused-ring (bicyclic) bond motifs is 3. The van der Waals surface area contributed by atoms with Crippen molar-refractivity contribution in [1.82, 2.24) is 4.98 Å². The number of sulfonamides is 1. The lowest BCUT2D eigenvalue weighted by Crippen LogP contribution is -2.37. The van der Waals surface area contributed by atoms with Crippen molar-refractivity contribution in [3.05, 3.63) is 99.5 Å². The van der Waals surface area contributed by atoms with Crippen LogP contribution in [0.15, 0.2) is 87.2 Å². The van der Waals surface area contributed by atoms with Crippen molar-refractivity contribution in [2.45, 2.75) is 18.7 Å². The number of anilines is 1. The fourth-order valence-corrected chi connectivity index (χ4v) is 6.35. The molecule has 0 unspecified atom stereocenters. The van der Waals surface area contributed by atoms with E-state index in [-0.39, 0.29) is 16.1 Å². The highest BCUT2D eigenvalue weighted by Gasteiger charge is 2.35. The van der Waals surface area contributed by atoms with E-state index in [1.165, 1.54) is 24.5 Å². The van der Waals surface area contributed by atoms with Crippen molar-refractivity contribution in [1.29, 1.82) is 0 Å². The maximum atomic E-state index is 14.1. The van der Waals surface area contributed by atoms with Gasteiger partial charge in [-0.3, -0.25) is 9.78 Å². The zero-order valence-electron chi connectivity index (χ0n) is 18.2. The number of hydrogen-bond acceptors (Lipinski definition) is 7. The van der Waals surface area contributed by atoms with Crippen LogP contribution in [0.1, 0.15) is 21.5 Å². The summed E-state index contributed by atoms with van der Waals surface area (Å²) in [6.45, 7) is 3.47. The molecule has 0 atom stereocenters. The first kappa shape index (κ1) is 22.0. The molecule has 0 spiro atoms. The van der Waals surface area contributed by atoms with Gasteiger partial charge in [0.2, 0.25) is 0 Å². The molecule has 7 nitrogen and oxygen atoms in total. The van der Waals surface area contributed by atoms with Crippen molar-refractivity contribution in [3.63, 3.8) is 0 Å². The molecule has 0 fully saturated rings. The van der Waals surface area contributed by atoms with Gasteiger partial charge in [0.1, 0.15) is 0 Å². The third-order valence-electron chi connectivity index (χ3n) is 5.49. The summed E-state index contributed by atoms with van der Waals surface area (Å²) in [4.78, 5) is 29.3. The molecule has 2 heterocycles. The highest BCUT2D eigenvalue weighted by atomic mass is 32.2. The number of hydrogen-bond donors (Lipinski definition) is 0. The van der Waals surface area contributed by atoms with Gasteiger partial charge in [-0.15, -0.1) is 0 Å². The minimum atomic E-state index is -4.36. The molecule has 0 N–H and O–H groups in total. The molecule has 5 aromatic rings. The van der Waals surface area contributed by atoms with Crippen molar-refractivity contribution in [2.24, 2.45) is 0 Å². The van der Waals surface area contributed by atoms with Gasteiger partial charge in [-0.05, 0) is 49.2 Å². The molecular formula is C25H18N2O5S2. The van der Waals surface area contributed by atoms with Crippen LogP contribution < -0.4 is 9.24 Å². The lowest BCUT2D eigenvalue weighted by Gasteiger charge is -2.25. The van der Waals surface area contributed by atoms with Crippen LogP contribution in [-0.2, 0) is 10.0 Å². The Labute approximate surface area is 199 Å². The molecule has 0 bridgehead atoms. The number of aromatic nitrogens is 1. The second-order valence-corrected chi connectivity index (χ2v) is 10.5. The van der Waals surface area contributed by atoms with Crippen LogP contribution in [0, 0.1) is 13.8 Å². The summed E-state index contributed by atoms with van der Waals surface area (Å²) in [5, 5.41) is 0.996. The number of rotatable bonds is 4. The van der Waals surface area contributed by atoms with Crippen LogP contribution in [0.25, 0.3) is 21.1 Å². The number of nitrogens with zero attached hydrogens (tertiary/aromatic N) is 2. The van der Waals surface area contributed by atoms with Gasteiger partial charge < -0.3 is 4.42 Å². The van der Waals surface area contributed by atoms with E-state index < -0.39 is 20.9 Å². The Kier molecular flexibility index (Phi) is 5.30. The predicted octanol–water partition coefficient (Wildman–Crippen LogP) is 5.06. The number of pyridine rings is 1. The van der Waals surface area contributed by atoms with Gasteiger partial charge in [0.05, 0.1) is 20.8 Å². The van der Waals surface area contributed by atoms with Crippen LogP contribution in [-0.4, -0.2) is 19.3 Å². The molecule has 2 aromatic heterocycles. The molecule has 0 aliphatic rings. The van der Waals surface area contributed by atoms with E-state index in [2.05, 4.69) is 4.98 Å². The van der Waals surface area contributed by atoms with Crippen molar-refractivity contribution < 1.29 is 17.6 Å². The number of benzene rings is 3. The summed E-state index contributed by atoms with van der Waals surface area (Å²) in [5.41, 5.74) is 1.85. The Bertz CT molecular complexity index is 1740. The molecule has 5 rings (SSSR count). The van der Waals surface area contributed by atoms with Crippen LogP contribution in [0.4, 0.5) is 5.69 Å². The molecule has 34 heavy (non-hydrogen) atoms. The average molecular weight is 491 g/mol. The maximum absolute atomic E-state index is 14.1. The zero-order chi connectivity index (χ0) is 24.0. The lowest BCUT2D eigenvalue weighted by molar-refractivity contribution is 0.100. The maximum Gasteiger partial charge on any atom is 0.396 e.